The summed E-state index contributed by atoms with van der Waals surface area (Å²) < 4.78 is 0. The average Bonchev–Trinajstić information content (AvgIpc) is 2.25. The molecule has 0 spiro atoms. The first kappa shape index (κ1) is 12.5. The number of aliphatic carboxylic acids is 1. The molecule has 0 aromatic rings. The molecular formula is C12H23NO2. The van der Waals surface area contributed by atoms with Crippen molar-refractivity contribution in [3.63, 3.8) is 0 Å². The smallest absolute Gasteiger partial charge is 0.306 e. The van der Waals surface area contributed by atoms with Crippen LogP contribution >= 0.6 is 0 Å². The average molecular weight is 213 g/mol. The Kier molecular flexibility index (Phi) is 5.69. The van der Waals surface area contributed by atoms with Gasteiger partial charge in [0.25, 0.3) is 0 Å². The molecule has 3 heteroatoms. The van der Waals surface area contributed by atoms with E-state index in [-0.39, 0.29) is 5.92 Å². The van der Waals surface area contributed by atoms with Crippen LogP contribution in [0.4, 0.5) is 0 Å². The SMILES string of the molecule is CCCCCCN1CCC(C(=O)O)CC1. The van der Waals surface area contributed by atoms with Gasteiger partial charge in [0.15, 0.2) is 0 Å². The summed E-state index contributed by atoms with van der Waals surface area (Å²) in [5.41, 5.74) is 0. The van der Waals surface area contributed by atoms with Gasteiger partial charge in [0.05, 0.1) is 5.92 Å². The minimum absolute atomic E-state index is 0.0862. The van der Waals surface area contributed by atoms with E-state index in [2.05, 4.69) is 11.8 Å². The third kappa shape index (κ3) is 4.65. The summed E-state index contributed by atoms with van der Waals surface area (Å²) in [4.78, 5) is 13.2. The van der Waals surface area contributed by atoms with Gasteiger partial charge in [-0.3, -0.25) is 4.79 Å². The molecule has 15 heavy (non-hydrogen) atoms. The molecule has 88 valence electrons. The first-order chi connectivity index (χ1) is 7.24. The van der Waals surface area contributed by atoms with Gasteiger partial charge < -0.3 is 10.0 Å². The molecule has 0 amide bonds. The molecule has 3 nitrogen and oxygen atoms in total. The Morgan fingerprint density at radius 3 is 2.47 bits per heavy atom. The van der Waals surface area contributed by atoms with Gasteiger partial charge in [0.1, 0.15) is 0 Å². The molecule has 1 rings (SSSR count). The zero-order valence-electron chi connectivity index (χ0n) is 9.74. The van der Waals surface area contributed by atoms with Crippen LogP contribution in [0.5, 0.6) is 0 Å². The molecule has 1 heterocycles. The van der Waals surface area contributed by atoms with E-state index in [0.29, 0.717) is 0 Å². The Morgan fingerprint density at radius 1 is 1.27 bits per heavy atom. The Hall–Kier alpha value is -0.570. The van der Waals surface area contributed by atoms with Crippen LogP contribution in [-0.4, -0.2) is 35.6 Å². The van der Waals surface area contributed by atoms with E-state index >= 15 is 0 Å². The number of likely N-dealkylation sites (tertiary alicyclic amines) is 1. The minimum Gasteiger partial charge on any atom is -0.481 e. The lowest BCUT2D eigenvalue weighted by Gasteiger charge is -2.29. The van der Waals surface area contributed by atoms with Crippen LogP contribution in [0.25, 0.3) is 0 Å². The highest BCUT2D eigenvalue weighted by atomic mass is 16.4. The molecule has 0 bridgehead atoms. The standard InChI is InChI=1S/C12H23NO2/c1-2-3-4-5-8-13-9-6-11(7-10-13)12(14)15/h11H,2-10H2,1H3,(H,14,15). The molecule has 1 aliphatic rings. The van der Waals surface area contributed by atoms with Crippen LogP contribution in [0.2, 0.25) is 0 Å². The number of carboxylic acid groups (broad SMARTS) is 1. The monoisotopic (exact) mass is 213 g/mol. The molecule has 1 fully saturated rings. The summed E-state index contributed by atoms with van der Waals surface area (Å²) in [6, 6.07) is 0. The predicted molar refractivity (Wildman–Crippen MR) is 60.9 cm³/mol. The number of unbranched alkanes of at least 4 members (excludes halogenated alkanes) is 3. The summed E-state index contributed by atoms with van der Waals surface area (Å²) in [6.07, 6.45) is 6.86. The predicted octanol–water partition coefficient (Wildman–Crippen LogP) is 2.36. The van der Waals surface area contributed by atoms with Crippen molar-refractivity contribution in [1.82, 2.24) is 4.90 Å². The molecule has 0 radical (unpaired) electrons. The first-order valence-electron chi connectivity index (χ1n) is 6.19. The summed E-state index contributed by atoms with van der Waals surface area (Å²) in [6.45, 7) is 5.33. The molecule has 1 aliphatic heterocycles. The molecule has 0 saturated carbocycles. The molecule has 0 aromatic heterocycles. The lowest BCUT2D eigenvalue weighted by atomic mass is 9.97. The van der Waals surface area contributed by atoms with Gasteiger partial charge in [0, 0.05) is 0 Å². The largest absolute Gasteiger partial charge is 0.481 e. The van der Waals surface area contributed by atoms with Gasteiger partial charge in [-0.25, -0.2) is 0 Å². The van der Waals surface area contributed by atoms with Crippen LogP contribution < -0.4 is 0 Å². The number of hydrogen-bond donors (Lipinski definition) is 1. The summed E-state index contributed by atoms with van der Waals surface area (Å²) >= 11 is 0. The second-order valence-corrected chi connectivity index (χ2v) is 4.51. The van der Waals surface area contributed by atoms with Crippen LogP contribution in [0.1, 0.15) is 45.4 Å². The van der Waals surface area contributed by atoms with E-state index in [9.17, 15) is 4.79 Å². The first-order valence-corrected chi connectivity index (χ1v) is 6.19. The van der Waals surface area contributed by atoms with Crippen LogP contribution in [0.3, 0.4) is 0 Å². The summed E-state index contributed by atoms with van der Waals surface area (Å²) in [5, 5.41) is 8.85. The van der Waals surface area contributed by atoms with E-state index in [1.807, 2.05) is 0 Å². The normalized spacial score (nSPS) is 19.3. The van der Waals surface area contributed by atoms with Crippen molar-refractivity contribution in [3.05, 3.63) is 0 Å². The van der Waals surface area contributed by atoms with Crippen molar-refractivity contribution in [2.45, 2.75) is 45.4 Å². The summed E-state index contributed by atoms with van der Waals surface area (Å²) in [5.74, 6) is -0.697. The third-order valence-electron chi connectivity index (χ3n) is 3.26. The molecule has 0 aromatic carbocycles. The number of piperidine rings is 1. The van der Waals surface area contributed by atoms with E-state index in [1.165, 1.54) is 25.7 Å². The maximum Gasteiger partial charge on any atom is 0.306 e. The zero-order valence-corrected chi connectivity index (χ0v) is 9.74. The fraction of sp³-hybridized carbons (Fsp3) is 0.917. The van der Waals surface area contributed by atoms with E-state index < -0.39 is 5.97 Å². The topological polar surface area (TPSA) is 40.5 Å². The van der Waals surface area contributed by atoms with Crippen LogP contribution in [-0.2, 0) is 4.79 Å². The Bertz CT molecular complexity index is 186. The number of carboxylic acids is 1. The van der Waals surface area contributed by atoms with E-state index in [1.54, 1.807) is 0 Å². The molecule has 0 unspecified atom stereocenters. The van der Waals surface area contributed by atoms with Crippen molar-refractivity contribution in [1.29, 1.82) is 0 Å². The van der Waals surface area contributed by atoms with Gasteiger partial charge in [-0.05, 0) is 38.9 Å². The number of nitrogens with zero attached hydrogens (tertiary/aromatic N) is 1. The lowest BCUT2D eigenvalue weighted by Crippen LogP contribution is -2.36. The number of hydrogen-bond acceptors (Lipinski definition) is 2. The highest BCUT2D eigenvalue weighted by Crippen LogP contribution is 2.17. The molecular weight excluding hydrogens is 190 g/mol. The van der Waals surface area contributed by atoms with E-state index in [4.69, 9.17) is 5.11 Å². The van der Waals surface area contributed by atoms with Gasteiger partial charge >= 0.3 is 5.97 Å². The molecule has 1 saturated heterocycles. The quantitative estimate of drug-likeness (QED) is 0.689. The number of rotatable bonds is 6. The second kappa shape index (κ2) is 6.83. The molecule has 1 N–H and O–H groups in total. The van der Waals surface area contributed by atoms with Crippen LogP contribution in [0, 0.1) is 5.92 Å². The van der Waals surface area contributed by atoms with Crippen molar-refractivity contribution >= 4 is 5.97 Å². The highest BCUT2D eigenvalue weighted by Gasteiger charge is 2.23. The Labute approximate surface area is 92.5 Å². The molecule has 0 aliphatic carbocycles. The van der Waals surface area contributed by atoms with Gasteiger partial charge in [-0.15, -0.1) is 0 Å². The third-order valence-corrected chi connectivity index (χ3v) is 3.26. The Balaban J connectivity index is 2.07. The Morgan fingerprint density at radius 2 is 1.93 bits per heavy atom. The maximum atomic E-state index is 10.7. The fourth-order valence-electron chi connectivity index (χ4n) is 2.17. The molecule has 0 atom stereocenters. The highest BCUT2D eigenvalue weighted by molar-refractivity contribution is 5.70. The van der Waals surface area contributed by atoms with Crippen molar-refractivity contribution < 1.29 is 9.90 Å². The maximum absolute atomic E-state index is 10.7. The zero-order chi connectivity index (χ0) is 11.1. The lowest BCUT2D eigenvalue weighted by molar-refractivity contribution is -0.143. The van der Waals surface area contributed by atoms with Crippen molar-refractivity contribution in [2.75, 3.05) is 19.6 Å². The second-order valence-electron chi connectivity index (χ2n) is 4.51. The fourth-order valence-corrected chi connectivity index (χ4v) is 2.17. The van der Waals surface area contributed by atoms with Gasteiger partial charge in [-0.2, -0.15) is 0 Å². The van der Waals surface area contributed by atoms with E-state index in [0.717, 1.165) is 32.5 Å². The van der Waals surface area contributed by atoms with Crippen LogP contribution in [0.15, 0.2) is 0 Å². The summed E-state index contributed by atoms with van der Waals surface area (Å²) in [7, 11) is 0. The van der Waals surface area contributed by atoms with Crippen molar-refractivity contribution in [2.24, 2.45) is 5.92 Å². The van der Waals surface area contributed by atoms with Crippen molar-refractivity contribution in [3.8, 4) is 0 Å². The minimum atomic E-state index is -0.611. The van der Waals surface area contributed by atoms with Gasteiger partial charge in [-0.1, -0.05) is 26.2 Å². The number of carbonyl (C=O) groups is 1. The van der Waals surface area contributed by atoms with Gasteiger partial charge in [0.2, 0.25) is 0 Å².